The van der Waals surface area contributed by atoms with E-state index in [9.17, 15) is 0 Å². The first-order valence-corrected chi connectivity index (χ1v) is 6.61. The minimum absolute atomic E-state index is 0.521. The molecule has 0 saturated carbocycles. The van der Waals surface area contributed by atoms with Crippen molar-refractivity contribution in [2.24, 2.45) is 0 Å². The largest absolute Gasteiger partial charge is 0.493 e. The minimum Gasteiger partial charge on any atom is -0.493 e. The number of nitrogens with zero attached hydrogens (tertiary/aromatic N) is 2. The topological polar surface area (TPSA) is 46.7 Å². The fourth-order valence-electron chi connectivity index (χ4n) is 2.12. The summed E-state index contributed by atoms with van der Waals surface area (Å²) in [5.74, 6) is 1.78. The van der Waals surface area contributed by atoms with E-state index in [1.165, 1.54) is 0 Å². The van der Waals surface area contributed by atoms with Crippen molar-refractivity contribution in [3.8, 4) is 23.3 Å². The first kappa shape index (κ1) is 13.3. The maximum atomic E-state index is 9.01. The van der Waals surface area contributed by atoms with Crippen LogP contribution in [0.3, 0.4) is 0 Å². The number of hydrogen-bond acceptors (Lipinski definition) is 3. The normalized spacial score (nSPS) is 10.3. The molecule has 4 nitrogen and oxygen atoms in total. The molecule has 104 valence electrons. The lowest BCUT2D eigenvalue weighted by atomic mass is 10.3. The van der Waals surface area contributed by atoms with Crippen LogP contribution in [0, 0.1) is 11.3 Å². The molecule has 0 radical (unpaired) electrons. The predicted molar refractivity (Wildman–Crippen MR) is 80.2 cm³/mol. The van der Waals surface area contributed by atoms with E-state index >= 15 is 0 Å². The van der Waals surface area contributed by atoms with E-state index in [2.05, 4.69) is 6.07 Å². The monoisotopic (exact) mass is 298 g/mol. The molecule has 21 heavy (non-hydrogen) atoms. The number of fused-ring (bicyclic) bond motifs is 1. The molecule has 0 spiro atoms. The van der Waals surface area contributed by atoms with Gasteiger partial charge >= 0.3 is 0 Å². The molecule has 0 bridgehead atoms. The number of aromatic nitrogens is 1. The van der Waals surface area contributed by atoms with E-state index < -0.39 is 0 Å². The summed E-state index contributed by atoms with van der Waals surface area (Å²) >= 11 is 6.10. The van der Waals surface area contributed by atoms with E-state index in [1.54, 1.807) is 36.0 Å². The lowest BCUT2D eigenvalue weighted by molar-refractivity contribution is 0.379. The molecule has 3 aromatic rings. The zero-order valence-corrected chi connectivity index (χ0v) is 12.0. The fraction of sp³-hybridized carbons (Fsp3) is 0.0625. The van der Waals surface area contributed by atoms with Crippen molar-refractivity contribution >= 4 is 17.1 Å². The van der Waals surface area contributed by atoms with Gasteiger partial charge < -0.3 is 13.9 Å². The Kier molecular flexibility index (Phi) is 3.43. The number of pyridine rings is 1. The summed E-state index contributed by atoms with van der Waals surface area (Å²) in [6.45, 7) is 0. The third-order valence-corrected chi connectivity index (χ3v) is 3.26. The first-order valence-electron chi connectivity index (χ1n) is 6.23. The Morgan fingerprint density at radius 2 is 1.86 bits per heavy atom. The zero-order chi connectivity index (χ0) is 14.8. The third-order valence-electron chi connectivity index (χ3n) is 3.05. The number of benzene rings is 1. The van der Waals surface area contributed by atoms with E-state index in [-0.39, 0.29) is 0 Å². The number of ether oxygens (including phenoxy) is 2. The van der Waals surface area contributed by atoms with Crippen LogP contribution in [0.1, 0.15) is 5.56 Å². The molecule has 0 saturated heterocycles. The number of hydrogen-bond donors (Lipinski definition) is 0. The molecule has 2 aromatic heterocycles. The van der Waals surface area contributed by atoms with E-state index in [4.69, 9.17) is 26.3 Å². The van der Waals surface area contributed by atoms with Crippen molar-refractivity contribution < 1.29 is 9.47 Å². The van der Waals surface area contributed by atoms with Gasteiger partial charge in [-0.15, -0.1) is 0 Å². The highest BCUT2D eigenvalue weighted by Gasteiger charge is 2.11. The van der Waals surface area contributed by atoms with Crippen molar-refractivity contribution in [3.05, 3.63) is 59.4 Å². The Hall–Kier alpha value is -2.64. The highest BCUT2D eigenvalue weighted by molar-refractivity contribution is 6.30. The molecular formula is C16H11ClN2O2. The molecule has 0 aliphatic rings. The third kappa shape index (κ3) is 2.51. The molecular weight excluding hydrogens is 288 g/mol. The quantitative estimate of drug-likeness (QED) is 0.725. The average molecular weight is 299 g/mol. The van der Waals surface area contributed by atoms with E-state index in [0.717, 1.165) is 5.52 Å². The van der Waals surface area contributed by atoms with Crippen LogP contribution in [0.5, 0.6) is 17.2 Å². The van der Waals surface area contributed by atoms with E-state index in [0.29, 0.717) is 27.8 Å². The van der Waals surface area contributed by atoms with Crippen molar-refractivity contribution in [2.45, 2.75) is 0 Å². The van der Waals surface area contributed by atoms with Crippen LogP contribution in [0.2, 0.25) is 5.02 Å². The molecule has 0 aliphatic carbocycles. The summed E-state index contributed by atoms with van der Waals surface area (Å²) in [5, 5.41) is 9.53. The molecule has 3 rings (SSSR count). The van der Waals surface area contributed by atoms with Gasteiger partial charge in [-0.05, 0) is 18.2 Å². The van der Waals surface area contributed by atoms with Crippen molar-refractivity contribution in [1.29, 1.82) is 5.26 Å². The molecule has 0 atom stereocenters. The number of nitriles is 1. The smallest absolute Gasteiger partial charge is 0.169 e. The lowest BCUT2D eigenvalue weighted by Crippen LogP contribution is -1.92. The maximum absolute atomic E-state index is 9.01. The van der Waals surface area contributed by atoms with Crippen molar-refractivity contribution in [2.75, 3.05) is 7.11 Å². The van der Waals surface area contributed by atoms with Gasteiger partial charge in [0.1, 0.15) is 6.07 Å². The van der Waals surface area contributed by atoms with Crippen LogP contribution < -0.4 is 9.47 Å². The van der Waals surface area contributed by atoms with Crippen LogP contribution >= 0.6 is 11.6 Å². The Labute approximate surface area is 126 Å². The Bertz CT molecular complexity index is 849. The Balaban J connectivity index is 2.12. The van der Waals surface area contributed by atoms with Gasteiger partial charge in [0.25, 0.3) is 0 Å². The van der Waals surface area contributed by atoms with Crippen molar-refractivity contribution in [3.63, 3.8) is 0 Å². The molecule has 0 amide bonds. The molecule has 5 heteroatoms. The van der Waals surface area contributed by atoms with E-state index in [1.807, 2.05) is 24.3 Å². The predicted octanol–water partition coefficient (Wildman–Crippen LogP) is 4.27. The summed E-state index contributed by atoms with van der Waals surface area (Å²) in [6.07, 6.45) is 3.43. The Morgan fingerprint density at radius 3 is 2.57 bits per heavy atom. The standard InChI is InChI=1S/C16H11ClN2O2/c1-20-14-4-2-3-5-15(14)21-16-7-12(17)10-19-9-11(8-18)6-13(16)19/h2-7,9-10H,1H3. The molecule has 0 fully saturated rings. The second-order valence-electron chi connectivity index (χ2n) is 4.41. The van der Waals surface area contributed by atoms with Gasteiger partial charge in [0, 0.05) is 18.5 Å². The van der Waals surface area contributed by atoms with Crippen LogP contribution in [-0.4, -0.2) is 11.5 Å². The van der Waals surface area contributed by atoms with Crippen LogP contribution in [0.15, 0.2) is 48.8 Å². The fourth-order valence-corrected chi connectivity index (χ4v) is 2.32. The molecule has 1 aromatic carbocycles. The maximum Gasteiger partial charge on any atom is 0.169 e. The van der Waals surface area contributed by atoms with Gasteiger partial charge in [0.15, 0.2) is 17.2 Å². The van der Waals surface area contributed by atoms with Gasteiger partial charge in [-0.2, -0.15) is 5.26 Å². The summed E-state index contributed by atoms with van der Waals surface area (Å²) in [7, 11) is 1.58. The summed E-state index contributed by atoms with van der Waals surface area (Å²) < 4.78 is 13.0. The van der Waals surface area contributed by atoms with Gasteiger partial charge in [0.2, 0.25) is 0 Å². The SMILES string of the molecule is COc1ccccc1Oc1cc(Cl)cn2cc(C#N)cc12. The molecule has 2 heterocycles. The number of methoxy groups -OCH3 is 1. The molecule has 0 aliphatic heterocycles. The highest BCUT2D eigenvalue weighted by Crippen LogP contribution is 2.35. The highest BCUT2D eigenvalue weighted by atomic mass is 35.5. The van der Waals surface area contributed by atoms with Crippen LogP contribution in [0.25, 0.3) is 5.52 Å². The second-order valence-corrected chi connectivity index (χ2v) is 4.85. The van der Waals surface area contributed by atoms with Gasteiger partial charge in [-0.3, -0.25) is 0 Å². The van der Waals surface area contributed by atoms with Crippen LogP contribution in [0.4, 0.5) is 0 Å². The van der Waals surface area contributed by atoms with Gasteiger partial charge in [-0.25, -0.2) is 0 Å². The number of halogens is 1. The molecule has 0 N–H and O–H groups in total. The Morgan fingerprint density at radius 1 is 1.10 bits per heavy atom. The first-order chi connectivity index (χ1) is 10.2. The van der Waals surface area contributed by atoms with Gasteiger partial charge in [-0.1, -0.05) is 23.7 Å². The summed E-state index contributed by atoms with van der Waals surface area (Å²) in [5.41, 5.74) is 1.31. The summed E-state index contributed by atoms with van der Waals surface area (Å²) in [6, 6.07) is 12.9. The number of para-hydroxylation sites is 2. The minimum atomic E-state index is 0.521. The van der Waals surface area contributed by atoms with Gasteiger partial charge in [0.05, 0.1) is 23.2 Å². The van der Waals surface area contributed by atoms with Crippen LogP contribution in [-0.2, 0) is 0 Å². The number of rotatable bonds is 3. The average Bonchev–Trinajstić information content (AvgIpc) is 2.91. The van der Waals surface area contributed by atoms with Crippen molar-refractivity contribution in [1.82, 2.24) is 4.40 Å². The molecule has 0 unspecified atom stereocenters. The second kappa shape index (κ2) is 5.39. The lowest BCUT2D eigenvalue weighted by Gasteiger charge is -2.11. The zero-order valence-electron chi connectivity index (χ0n) is 11.2. The summed E-state index contributed by atoms with van der Waals surface area (Å²) in [4.78, 5) is 0.